The van der Waals surface area contributed by atoms with Gasteiger partial charge >= 0.3 is 0 Å². The Kier molecular flexibility index (Phi) is 3.22. The highest BCUT2D eigenvalue weighted by molar-refractivity contribution is 5.02. The van der Waals surface area contributed by atoms with Gasteiger partial charge in [0.25, 0.3) is 5.89 Å². The molecule has 0 saturated carbocycles. The van der Waals surface area contributed by atoms with Gasteiger partial charge in [-0.1, -0.05) is 5.16 Å². The average molecular weight is 227 g/mol. The van der Waals surface area contributed by atoms with Crippen LogP contribution in [0.3, 0.4) is 0 Å². The maximum Gasteiger partial charge on any atom is 0.255 e. The zero-order valence-electron chi connectivity index (χ0n) is 9.35. The molecule has 16 heavy (non-hydrogen) atoms. The van der Waals surface area contributed by atoms with Crippen molar-refractivity contribution in [1.82, 2.24) is 10.1 Å². The van der Waals surface area contributed by atoms with Crippen LogP contribution in [0.15, 0.2) is 4.52 Å². The summed E-state index contributed by atoms with van der Waals surface area (Å²) < 4.78 is 10.6. The van der Waals surface area contributed by atoms with Crippen molar-refractivity contribution in [1.29, 1.82) is 0 Å². The predicted molar refractivity (Wildman–Crippen MR) is 55.5 cm³/mol. The second-order valence-corrected chi connectivity index (χ2v) is 4.23. The van der Waals surface area contributed by atoms with E-state index < -0.39 is 11.7 Å². The summed E-state index contributed by atoms with van der Waals surface area (Å²) in [6.45, 7) is 3.03. The smallest absolute Gasteiger partial charge is 0.255 e. The SMILES string of the molecule is CC1(c2noc(C(O)CCN)n2)CCCO1. The molecule has 2 heterocycles. The number of aliphatic hydroxyl groups is 1. The van der Waals surface area contributed by atoms with Crippen LogP contribution >= 0.6 is 0 Å². The van der Waals surface area contributed by atoms with Crippen LogP contribution in [0.5, 0.6) is 0 Å². The van der Waals surface area contributed by atoms with Crippen molar-refractivity contribution in [3.05, 3.63) is 11.7 Å². The van der Waals surface area contributed by atoms with Crippen molar-refractivity contribution < 1.29 is 14.4 Å². The van der Waals surface area contributed by atoms with Gasteiger partial charge in [-0.2, -0.15) is 4.98 Å². The van der Waals surface area contributed by atoms with E-state index in [0.29, 0.717) is 25.4 Å². The molecular weight excluding hydrogens is 210 g/mol. The first kappa shape index (κ1) is 11.5. The summed E-state index contributed by atoms with van der Waals surface area (Å²) in [6, 6.07) is 0. The Labute approximate surface area is 93.8 Å². The van der Waals surface area contributed by atoms with Crippen LogP contribution in [-0.4, -0.2) is 28.4 Å². The van der Waals surface area contributed by atoms with Gasteiger partial charge < -0.3 is 20.1 Å². The number of rotatable bonds is 4. The van der Waals surface area contributed by atoms with Gasteiger partial charge in [0.05, 0.1) is 0 Å². The first-order valence-electron chi connectivity index (χ1n) is 5.52. The van der Waals surface area contributed by atoms with Gasteiger partial charge in [-0.3, -0.25) is 0 Å². The maximum absolute atomic E-state index is 9.64. The molecule has 0 spiro atoms. The number of aliphatic hydroxyl groups excluding tert-OH is 1. The van der Waals surface area contributed by atoms with E-state index in [1.54, 1.807) is 0 Å². The molecule has 1 aliphatic heterocycles. The summed E-state index contributed by atoms with van der Waals surface area (Å²) in [5.74, 6) is 0.730. The summed E-state index contributed by atoms with van der Waals surface area (Å²) in [5.41, 5.74) is 4.88. The van der Waals surface area contributed by atoms with Crippen LogP contribution in [0.1, 0.15) is 44.0 Å². The van der Waals surface area contributed by atoms with Crippen LogP contribution in [0.25, 0.3) is 0 Å². The topological polar surface area (TPSA) is 94.4 Å². The van der Waals surface area contributed by atoms with Crippen LogP contribution < -0.4 is 5.73 Å². The minimum Gasteiger partial charge on any atom is -0.383 e. The van der Waals surface area contributed by atoms with Crippen LogP contribution in [0.2, 0.25) is 0 Å². The lowest BCUT2D eigenvalue weighted by Gasteiger charge is -2.17. The zero-order chi connectivity index (χ0) is 11.6. The van der Waals surface area contributed by atoms with E-state index >= 15 is 0 Å². The molecule has 1 saturated heterocycles. The molecule has 2 atom stereocenters. The molecule has 6 heteroatoms. The van der Waals surface area contributed by atoms with Gasteiger partial charge in [-0.05, 0) is 32.7 Å². The van der Waals surface area contributed by atoms with Gasteiger partial charge in [0, 0.05) is 6.61 Å². The van der Waals surface area contributed by atoms with Crippen molar-refractivity contribution >= 4 is 0 Å². The Morgan fingerprint density at radius 1 is 1.62 bits per heavy atom. The number of nitrogens with zero attached hydrogens (tertiary/aromatic N) is 2. The molecule has 0 aliphatic carbocycles. The van der Waals surface area contributed by atoms with Crippen LogP contribution in [0.4, 0.5) is 0 Å². The minimum absolute atomic E-state index is 0.220. The lowest BCUT2D eigenvalue weighted by Crippen LogP contribution is -2.21. The summed E-state index contributed by atoms with van der Waals surface area (Å²) >= 11 is 0. The molecule has 6 nitrogen and oxygen atoms in total. The molecule has 0 aromatic carbocycles. The number of nitrogens with two attached hydrogens (primary N) is 1. The average Bonchev–Trinajstić information content (AvgIpc) is 2.86. The van der Waals surface area contributed by atoms with E-state index in [2.05, 4.69) is 10.1 Å². The number of aromatic nitrogens is 2. The monoisotopic (exact) mass is 227 g/mol. The molecule has 3 N–H and O–H groups in total. The number of ether oxygens (including phenoxy) is 1. The van der Waals surface area contributed by atoms with Crippen molar-refractivity contribution in [2.24, 2.45) is 5.73 Å². The van der Waals surface area contributed by atoms with E-state index in [4.69, 9.17) is 15.0 Å². The number of hydrogen-bond donors (Lipinski definition) is 2. The lowest BCUT2D eigenvalue weighted by atomic mass is 10.0. The highest BCUT2D eigenvalue weighted by Crippen LogP contribution is 2.34. The Balaban J connectivity index is 2.12. The van der Waals surface area contributed by atoms with E-state index in [1.165, 1.54) is 0 Å². The van der Waals surface area contributed by atoms with Crippen molar-refractivity contribution in [3.8, 4) is 0 Å². The summed E-state index contributed by atoms with van der Waals surface area (Å²) in [5, 5.41) is 13.5. The molecule has 1 fully saturated rings. The third kappa shape index (κ3) is 2.09. The van der Waals surface area contributed by atoms with E-state index in [-0.39, 0.29) is 5.89 Å². The molecule has 0 radical (unpaired) electrons. The van der Waals surface area contributed by atoms with E-state index in [0.717, 1.165) is 12.8 Å². The summed E-state index contributed by atoms with van der Waals surface area (Å²) in [6.07, 6.45) is 1.50. The second-order valence-electron chi connectivity index (χ2n) is 4.23. The Bertz CT molecular complexity index is 347. The normalized spacial score (nSPS) is 27.2. The van der Waals surface area contributed by atoms with Crippen molar-refractivity contribution in [2.75, 3.05) is 13.2 Å². The Morgan fingerprint density at radius 3 is 3.06 bits per heavy atom. The molecule has 1 aromatic heterocycles. The molecule has 2 rings (SSSR count). The van der Waals surface area contributed by atoms with Gasteiger partial charge in [0.1, 0.15) is 11.7 Å². The summed E-state index contributed by atoms with van der Waals surface area (Å²) in [4.78, 5) is 4.17. The number of hydrogen-bond acceptors (Lipinski definition) is 6. The van der Waals surface area contributed by atoms with Gasteiger partial charge in [0.15, 0.2) is 0 Å². The first-order chi connectivity index (χ1) is 7.65. The third-order valence-corrected chi connectivity index (χ3v) is 2.86. The molecular formula is C10H17N3O3. The lowest BCUT2D eigenvalue weighted by molar-refractivity contribution is 0.00767. The maximum atomic E-state index is 9.64. The minimum atomic E-state index is -0.781. The van der Waals surface area contributed by atoms with Crippen LogP contribution in [-0.2, 0) is 10.3 Å². The molecule has 1 aromatic rings. The van der Waals surface area contributed by atoms with Gasteiger partial charge in [-0.25, -0.2) is 0 Å². The van der Waals surface area contributed by atoms with Gasteiger partial charge in [-0.15, -0.1) is 0 Å². The quantitative estimate of drug-likeness (QED) is 0.776. The molecule has 90 valence electrons. The van der Waals surface area contributed by atoms with Crippen molar-refractivity contribution in [2.45, 2.75) is 37.9 Å². The molecule has 0 bridgehead atoms. The first-order valence-corrected chi connectivity index (χ1v) is 5.52. The van der Waals surface area contributed by atoms with Crippen molar-refractivity contribution in [3.63, 3.8) is 0 Å². The highest BCUT2D eigenvalue weighted by atomic mass is 16.5. The Morgan fingerprint density at radius 2 is 2.44 bits per heavy atom. The largest absolute Gasteiger partial charge is 0.383 e. The van der Waals surface area contributed by atoms with E-state index in [1.807, 2.05) is 6.92 Å². The fraction of sp³-hybridized carbons (Fsp3) is 0.800. The third-order valence-electron chi connectivity index (χ3n) is 2.86. The molecule has 0 amide bonds. The summed E-state index contributed by atoms with van der Waals surface area (Å²) in [7, 11) is 0. The standard InChI is InChI=1S/C10H17N3O3/c1-10(4-2-6-15-10)9-12-8(16-13-9)7(14)3-5-11/h7,14H,2-6,11H2,1H3. The fourth-order valence-electron chi connectivity index (χ4n) is 1.82. The highest BCUT2D eigenvalue weighted by Gasteiger charge is 2.37. The fourth-order valence-corrected chi connectivity index (χ4v) is 1.82. The zero-order valence-corrected chi connectivity index (χ0v) is 9.35. The van der Waals surface area contributed by atoms with Gasteiger partial charge in [0.2, 0.25) is 5.82 Å². The van der Waals surface area contributed by atoms with E-state index in [9.17, 15) is 5.11 Å². The molecule has 2 unspecified atom stereocenters. The second kappa shape index (κ2) is 4.48. The van der Waals surface area contributed by atoms with Crippen LogP contribution in [0, 0.1) is 0 Å². The Hall–Kier alpha value is -0.980. The molecule has 1 aliphatic rings. The predicted octanol–water partition coefficient (Wildman–Crippen LogP) is 0.477.